The van der Waals surface area contributed by atoms with Crippen LogP contribution in [0.4, 0.5) is 0 Å². The smallest absolute Gasteiger partial charge is 0.234 e. The Balaban J connectivity index is 1.82. The lowest BCUT2D eigenvalue weighted by Gasteiger charge is -2.28. The van der Waals surface area contributed by atoms with Crippen molar-refractivity contribution in [2.75, 3.05) is 6.54 Å². The van der Waals surface area contributed by atoms with Gasteiger partial charge >= 0.3 is 0 Å². The number of carbonyl (C=O) groups excluding carboxylic acids is 1. The first kappa shape index (κ1) is 14.1. The molecule has 2 aromatic rings. The van der Waals surface area contributed by atoms with Crippen molar-refractivity contribution in [2.45, 2.75) is 38.8 Å². The Kier molecular flexibility index (Phi) is 3.92. The molecule has 112 valence electrons. The summed E-state index contributed by atoms with van der Waals surface area (Å²) in [5.41, 5.74) is 7.66. The second-order valence-electron chi connectivity index (χ2n) is 5.76. The third-order valence-corrected chi connectivity index (χ3v) is 4.38. The van der Waals surface area contributed by atoms with Gasteiger partial charge in [-0.1, -0.05) is 12.1 Å². The van der Waals surface area contributed by atoms with Crippen molar-refractivity contribution in [3.63, 3.8) is 0 Å². The van der Waals surface area contributed by atoms with Gasteiger partial charge in [0.2, 0.25) is 5.91 Å². The normalized spacial score (nSPS) is 22.5. The summed E-state index contributed by atoms with van der Waals surface area (Å²) in [7, 11) is 0. The minimum atomic E-state index is -0.247. The van der Waals surface area contributed by atoms with Crippen LogP contribution in [0.2, 0.25) is 0 Å². The van der Waals surface area contributed by atoms with E-state index in [-0.39, 0.29) is 11.9 Å². The number of imidazole rings is 1. The highest BCUT2D eigenvalue weighted by Crippen LogP contribution is 2.23. The number of nitrogens with zero attached hydrogens (tertiary/aromatic N) is 2. The number of rotatable bonds is 4. The summed E-state index contributed by atoms with van der Waals surface area (Å²) >= 11 is 0. The zero-order chi connectivity index (χ0) is 14.8. The number of carbonyl (C=O) groups is 1. The quantitative estimate of drug-likeness (QED) is 0.893. The Morgan fingerprint density at radius 3 is 3.05 bits per heavy atom. The number of amides is 1. The summed E-state index contributed by atoms with van der Waals surface area (Å²) in [6.45, 7) is 3.91. The Morgan fingerprint density at radius 2 is 2.29 bits per heavy atom. The van der Waals surface area contributed by atoms with Gasteiger partial charge in [0.1, 0.15) is 5.82 Å². The summed E-state index contributed by atoms with van der Waals surface area (Å²) in [6, 6.07) is 8.05. The van der Waals surface area contributed by atoms with Crippen LogP contribution >= 0.6 is 0 Å². The molecule has 2 atom stereocenters. The van der Waals surface area contributed by atoms with Gasteiger partial charge in [0.05, 0.1) is 17.1 Å². The number of aryl methyl sites for hydroxylation is 1. The fourth-order valence-corrected chi connectivity index (χ4v) is 3.29. The van der Waals surface area contributed by atoms with Crippen LogP contribution in [0.25, 0.3) is 11.0 Å². The minimum absolute atomic E-state index is 0.191. The van der Waals surface area contributed by atoms with E-state index in [2.05, 4.69) is 28.9 Å². The SMILES string of the molecule is CCn1c(CC2CCNC(C(N)=O)C2)nc2ccccc21. The van der Waals surface area contributed by atoms with E-state index >= 15 is 0 Å². The Morgan fingerprint density at radius 1 is 1.48 bits per heavy atom. The second-order valence-corrected chi connectivity index (χ2v) is 5.76. The molecule has 1 saturated heterocycles. The molecule has 3 N–H and O–H groups in total. The predicted octanol–water partition coefficient (Wildman–Crippen LogP) is 1.45. The number of primary amides is 1. The molecule has 0 radical (unpaired) electrons. The molecule has 2 heterocycles. The summed E-state index contributed by atoms with van der Waals surface area (Å²) in [5.74, 6) is 1.34. The number of hydrogen-bond acceptors (Lipinski definition) is 3. The molecule has 0 bridgehead atoms. The molecule has 1 aromatic heterocycles. The molecule has 3 rings (SSSR count). The number of benzene rings is 1. The molecule has 0 saturated carbocycles. The molecule has 1 amide bonds. The lowest BCUT2D eigenvalue weighted by atomic mass is 9.89. The van der Waals surface area contributed by atoms with Crippen molar-refractivity contribution < 1.29 is 4.79 Å². The van der Waals surface area contributed by atoms with Crippen molar-refractivity contribution in [3.8, 4) is 0 Å². The highest BCUT2D eigenvalue weighted by atomic mass is 16.1. The molecule has 1 aromatic carbocycles. The first-order chi connectivity index (χ1) is 10.2. The summed E-state index contributed by atoms with van der Waals surface area (Å²) < 4.78 is 2.27. The zero-order valence-electron chi connectivity index (χ0n) is 12.4. The van der Waals surface area contributed by atoms with Crippen LogP contribution in [0.5, 0.6) is 0 Å². The van der Waals surface area contributed by atoms with E-state index in [1.165, 1.54) is 5.52 Å². The molecule has 0 aliphatic carbocycles. The number of piperidine rings is 1. The van der Waals surface area contributed by atoms with Crippen molar-refractivity contribution in [3.05, 3.63) is 30.1 Å². The molecule has 21 heavy (non-hydrogen) atoms. The molecule has 0 spiro atoms. The van der Waals surface area contributed by atoms with E-state index < -0.39 is 0 Å². The van der Waals surface area contributed by atoms with Crippen molar-refractivity contribution >= 4 is 16.9 Å². The van der Waals surface area contributed by atoms with Gasteiger partial charge in [0, 0.05) is 13.0 Å². The monoisotopic (exact) mass is 286 g/mol. The molecular formula is C16H22N4O. The van der Waals surface area contributed by atoms with Gasteiger partial charge in [-0.3, -0.25) is 4.79 Å². The van der Waals surface area contributed by atoms with E-state index in [4.69, 9.17) is 10.7 Å². The fourth-order valence-electron chi connectivity index (χ4n) is 3.29. The Hall–Kier alpha value is -1.88. The maximum Gasteiger partial charge on any atom is 0.234 e. The average Bonchev–Trinajstić information content (AvgIpc) is 2.84. The fraction of sp³-hybridized carbons (Fsp3) is 0.500. The van der Waals surface area contributed by atoms with Gasteiger partial charge < -0.3 is 15.6 Å². The number of hydrogen-bond donors (Lipinski definition) is 2. The predicted molar refractivity (Wildman–Crippen MR) is 82.8 cm³/mol. The van der Waals surface area contributed by atoms with E-state index in [0.717, 1.165) is 43.7 Å². The zero-order valence-corrected chi connectivity index (χ0v) is 12.4. The van der Waals surface area contributed by atoms with Gasteiger partial charge in [-0.15, -0.1) is 0 Å². The van der Waals surface area contributed by atoms with E-state index in [1.807, 2.05) is 12.1 Å². The molecule has 2 unspecified atom stereocenters. The van der Waals surface area contributed by atoms with Crippen LogP contribution in [-0.2, 0) is 17.8 Å². The topological polar surface area (TPSA) is 72.9 Å². The van der Waals surface area contributed by atoms with E-state index in [9.17, 15) is 4.79 Å². The molecule has 1 aliphatic rings. The number of aromatic nitrogens is 2. The minimum Gasteiger partial charge on any atom is -0.368 e. The van der Waals surface area contributed by atoms with Gasteiger partial charge in [0.25, 0.3) is 0 Å². The first-order valence-electron chi connectivity index (χ1n) is 7.66. The maximum atomic E-state index is 11.4. The van der Waals surface area contributed by atoms with Crippen LogP contribution in [0, 0.1) is 5.92 Å². The molecular weight excluding hydrogens is 264 g/mol. The maximum absolute atomic E-state index is 11.4. The van der Waals surface area contributed by atoms with Gasteiger partial charge in [-0.2, -0.15) is 0 Å². The summed E-state index contributed by atoms with van der Waals surface area (Å²) in [6.07, 6.45) is 2.78. The van der Waals surface area contributed by atoms with Gasteiger partial charge in [-0.25, -0.2) is 4.98 Å². The average molecular weight is 286 g/mol. The van der Waals surface area contributed by atoms with Crippen LogP contribution < -0.4 is 11.1 Å². The van der Waals surface area contributed by atoms with E-state index in [0.29, 0.717) is 5.92 Å². The standard InChI is InChI=1S/C16H22N4O/c1-2-20-14-6-4-3-5-12(14)19-15(20)10-11-7-8-18-13(9-11)16(17)21/h3-6,11,13,18H,2,7-10H2,1H3,(H2,17,21). The second kappa shape index (κ2) is 5.85. The number of fused-ring (bicyclic) bond motifs is 1. The number of nitrogens with one attached hydrogen (secondary N) is 1. The highest BCUT2D eigenvalue weighted by molar-refractivity contribution is 5.80. The van der Waals surface area contributed by atoms with Crippen LogP contribution in [-0.4, -0.2) is 28.0 Å². The molecule has 5 heteroatoms. The molecule has 5 nitrogen and oxygen atoms in total. The molecule has 1 fully saturated rings. The Labute approximate surface area is 124 Å². The largest absolute Gasteiger partial charge is 0.368 e. The lowest BCUT2D eigenvalue weighted by molar-refractivity contribution is -0.120. The van der Waals surface area contributed by atoms with Crippen molar-refractivity contribution in [1.82, 2.24) is 14.9 Å². The number of para-hydroxylation sites is 2. The summed E-state index contributed by atoms with van der Waals surface area (Å²) in [4.78, 5) is 16.1. The van der Waals surface area contributed by atoms with Crippen molar-refractivity contribution in [1.29, 1.82) is 0 Å². The van der Waals surface area contributed by atoms with Gasteiger partial charge in [0.15, 0.2) is 0 Å². The van der Waals surface area contributed by atoms with Crippen LogP contribution in [0.15, 0.2) is 24.3 Å². The van der Waals surface area contributed by atoms with E-state index in [1.54, 1.807) is 0 Å². The van der Waals surface area contributed by atoms with Crippen LogP contribution in [0.3, 0.4) is 0 Å². The first-order valence-corrected chi connectivity index (χ1v) is 7.66. The Bertz CT molecular complexity index is 649. The van der Waals surface area contributed by atoms with Crippen molar-refractivity contribution in [2.24, 2.45) is 11.7 Å². The summed E-state index contributed by atoms with van der Waals surface area (Å²) in [5, 5.41) is 3.19. The lowest BCUT2D eigenvalue weighted by Crippen LogP contribution is -2.47. The van der Waals surface area contributed by atoms with Crippen LogP contribution in [0.1, 0.15) is 25.6 Å². The molecule has 1 aliphatic heterocycles. The van der Waals surface area contributed by atoms with Gasteiger partial charge in [-0.05, 0) is 44.4 Å². The highest BCUT2D eigenvalue weighted by Gasteiger charge is 2.26. The third kappa shape index (κ3) is 2.78. The third-order valence-electron chi connectivity index (χ3n) is 4.38. The number of nitrogens with two attached hydrogens (primary N) is 1.